The lowest BCUT2D eigenvalue weighted by atomic mass is 10.2. The van der Waals surface area contributed by atoms with Crippen molar-refractivity contribution in [2.24, 2.45) is 0 Å². The molecule has 2 aromatic rings. The summed E-state index contributed by atoms with van der Waals surface area (Å²) in [5.74, 6) is -0.416. The minimum absolute atomic E-state index is 0.0418. The van der Waals surface area contributed by atoms with Crippen molar-refractivity contribution in [2.45, 2.75) is 6.92 Å². The molecule has 0 fully saturated rings. The summed E-state index contributed by atoms with van der Waals surface area (Å²) in [6.45, 7) is 2.39. The number of nitrogens with one attached hydrogen (secondary N) is 1. The lowest BCUT2D eigenvalue weighted by molar-refractivity contribution is -0.402. The van der Waals surface area contributed by atoms with E-state index in [2.05, 4.69) is 5.32 Å². The number of carbonyl (C=O) groups excluding carboxylic acids is 1. The van der Waals surface area contributed by atoms with Gasteiger partial charge in [-0.15, -0.1) is 0 Å². The van der Waals surface area contributed by atoms with E-state index in [0.29, 0.717) is 18.0 Å². The van der Waals surface area contributed by atoms with Gasteiger partial charge in [0.1, 0.15) is 28.1 Å². The topological polar surface area (TPSA) is 118 Å². The fraction of sp³-hybridized carbons (Fsp3) is 0.125. The molecule has 1 aromatic heterocycles. The fourth-order valence-electron chi connectivity index (χ4n) is 1.81. The highest BCUT2D eigenvalue weighted by Crippen LogP contribution is 2.19. The van der Waals surface area contributed by atoms with Gasteiger partial charge in [-0.25, -0.2) is 0 Å². The highest BCUT2D eigenvalue weighted by molar-refractivity contribution is 6.09. The van der Waals surface area contributed by atoms with Crippen LogP contribution in [0.3, 0.4) is 0 Å². The Labute approximate surface area is 137 Å². The van der Waals surface area contributed by atoms with E-state index in [9.17, 15) is 14.9 Å². The summed E-state index contributed by atoms with van der Waals surface area (Å²) in [4.78, 5) is 21.9. The molecule has 2 rings (SSSR count). The van der Waals surface area contributed by atoms with Crippen molar-refractivity contribution in [1.29, 1.82) is 5.26 Å². The van der Waals surface area contributed by atoms with Crippen LogP contribution >= 0.6 is 0 Å². The molecule has 0 spiro atoms. The van der Waals surface area contributed by atoms with E-state index in [0.717, 1.165) is 12.1 Å². The van der Waals surface area contributed by atoms with Crippen LogP contribution in [-0.2, 0) is 4.79 Å². The SMILES string of the molecule is CCOc1ccc(NC(=O)/C(C#N)=C\c2ccc([N+](=O)[O-])o2)cc1. The van der Waals surface area contributed by atoms with E-state index < -0.39 is 16.7 Å². The monoisotopic (exact) mass is 327 g/mol. The fourth-order valence-corrected chi connectivity index (χ4v) is 1.81. The molecule has 122 valence electrons. The first-order valence-corrected chi connectivity index (χ1v) is 6.93. The van der Waals surface area contributed by atoms with Gasteiger partial charge in [-0.3, -0.25) is 14.9 Å². The van der Waals surface area contributed by atoms with Gasteiger partial charge in [0, 0.05) is 11.8 Å². The van der Waals surface area contributed by atoms with Gasteiger partial charge >= 0.3 is 5.88 Å². The smallest absolute Gasteiger partial charge is 0.433 e. The summed E-state index contributed by atoms with van der Waals surface area (Å²) in [5.41, 5.74) is 0.239. The normalized spacial score (nSPS) is 10.8. The van der Waals surface area contributed by atoms with Crippen molar-refractivity contribution in [1.82, 2.24) is 0 Å². The molecule has 0 radical (unpaired) electrons. The summed E-state index contributed by atoms with van der Waals surface area (Å²) in [7, 11) is 0. The second kappa shape index (κ2) is 7.60. The lowest BCUT2D eigenvalue weighted by Gasteiger charge is -2.06. The predicted octanol–water partition coefficient (Wildman–Crippen LogP) is 3.13. The summed E-state index contributed by atoms with van der Waals surface area (Å²) in [6.07, 6.45) is 1.14. The Bertz CT molecular complexity index is 815. The first-order chi connectivity index (χ1) is 11.5. The Morgan fingerprint density at radius 3 is 2.62 bits per heavy atom. The number of hydrogen-bond donors (Lipinski definition) is 1. The Morgan fingerprint density at radius 2 is 2.08 bits per heavy atom. The second-order valence-corrected chi connectivity index (χ2v) is 4.51. The van der Waals surface area contributed by atoms with Crippen LogP contribution in [-0.4, -0.2) is 17.4 Å². The van der Waals surface area contributed by atoms with Crippen LogP contribution in [0.15, 0.2) is 46.4 Å². The molecule has 24 heavy (non-hydrogen) atoms. The number of nitro groups is 1. The van der Waals surface area contributed by atoms with Gasteiger partial charge in [-0.2, -0.15) is 5.26 Å². The zero-order valence-electron chi connectivity index (χ0n) is 12.7. The van der Waals surface area contributed by atoms with Gasteiger partial charge in [-0.05, 0) is 37.3 Å². The van der Waals surface area contributed by atoms with Crippen LogP contribution in [0, 0.1) is 21.4 Å². The summed E-state index contributed by atoms with van der Waals surface area (Å²) >= 11 is 0. The number of anilines is 1. The third-order valence-corrected chi connectivity index (χ3v) is 2.87. The van der Waals surface area contributed by atoms with Crippen LogP contribution in [0.25, 0.3) is 6.08 Å². The molecule has 0 bridgehead atoms. The third kappa shape index (κ3) is 4.20. The standard InChI is InChI=1S/C16H13N3O5/c1-2-23-13-5-3-12(4-6-13)18-16(20)11(10-17)9-14-7-8-15(24-14)19(21)22/h3-9H,2H2,1H3,(H,18,20)/b11-9-. The molecule has 0 aliphatic rings. The van der Waals surface area contributed by atoms with Crippen LogP contribution < -0.4 is 10.1 Å². The van der Waals surface area contributed by atoms with Crippen molar-refractivity contribution < 1.29 is 18.9 Å². The summed E-state index contributed by atoms with van der Waals surface area (Å²) < 4.78 is 10.2. The van der Waals surface area contributed by atoms with Crippen molar-refractivity contribution in [3.63, 3.8) is 0 Å². The maximum Gasteiger partial charge on any atom is 0.433 e. The Balaban J connectivity index is 2.11. The summed E-state index contributed by atoms with van der Waals surface area (Å²) in [6, 6.07) is 10.8. The van der Waals surface area contributed by atoms with Crippen LogP contribution in [0.4, 0.5) is 11.6 Å². The van der Waals surface area contributed by atoms with E-state index in [1.54, 1.807) is 30.3 Å². The third-order valence-electron chi connectivity index (χ3n) is 2.87. The van der Waals surface area contributed by atoms with Crippen molar-refractivity contribution in [3.05, 3.63) is 57.8 Å². The van der Waals surface area contributed by atoms with E-state index in [-0.39, 0.29) is 11.3 Å². The van der Waals surface area contributed by atoms with E-state index in [1.807, 2.05) is 6.92 Å². The molecule has 0 saturated carbocycles. The number of rotatable bonds is 6. The number of amides is 1. The molecule has 1 amide bonds. The van der Waals surface area contributed by atoms with Gasteiger partial charge in [-0.1, -0.05) is 0 Å². The molecule has 0 aliphatic heterocycles. The molecule has 1 aromatic carbocycles. The number of benzene rings is 1. The van der Waals surface area contributed by atoms with Crippen LogP contribution in [0.2, 0.25) is 0 Å². The minimum atomic E-state index is -0.705. The Morgan fingerprint density at radius 1 is 1.38 bits per heavy atom. The molecule has 1 N–H and O–H groups in total. The highest BCUT2D eigenvalue weighted by atomic mass is 16.6. The molecule has 8 nitrogen and oxygen atoms in total. The number of ether oxygens (including phenoxy) is 1. The lowest BCUT2D eigenvalue weighted by Crippen LogP contribution is -2.13. The number of nitrogens with zero attached hydrogens (tertiary/aromatic N) is 2. The van der Waals surface area contributed by atoms with Crippen molar-refractivity contribution in [3.8, 4) is 11.8 Å². The van der Waals surface area contributed by atoms with Crippen LogP contribution in [0.1, 0.15) is 12.7 Å². The molecular formula is C16H13N3O5. The minimum Gasteiger partial charge on any atom is -0.494 e. The zero-order chi connectivity index (χ0) is 17.5. The van der Waals surface area contributed by atoms with Gasteiger partial charge in [0.05, 0.1) is 12.7 Å². The maximum absolute atomic E-state index is 12.1. The van der Waals surface area contributed by atoms with Crippen molar-refractivity contribution in [2.75, 3.05) is 11.9 Å². The van der Waals surface area contributed by atoms with Crippen LogP contribution in [0.5, 0.6) is 5.75 Å². The number of nitriles is 1. The molecule has 0 aliphatic carbocycles. The Kier molecular flexibility index (Phi) is 5.31. The molecule has 0 saturated heterocycles. The summed E-state index contributed by atoms with van der Waals surface area (Å²) in [5, 5.41) is 22.2. The van der Waals surface area contributed by atoms with Crippen molar-refractivity contribution >= 4 is 23.6 Å². The van der Waals surface area contributed by atoms with E-state index in [1.165, 1.54) is 6.07 Å². The highest BCUT2D eigenvalue weighted by Gasteiger charge is 2.14. The average molecular weight is 327 g/mol. The average Bonchev–Trinajstić information content (AvgIpc) is 3.03. The molecular weight excluding hydrogens is 314 g/mol. The van der Waals surface area contributed by atoms with Gasteiger partial charge < -0.3 is 14.5 Å². The van der Waals surface area contributed by atoms with Gasteiger partial charge in [0.2, 0.25) is 0 Å². The largest absolute Gasteiger partial charge is 0.494 e. The van der Waals surface area contributed by atoms with Gasteiger partial charge in [0.25, 0.3) is 5.91 Å². The quantitative estimate of drug-likeness (QED) is 0.377. The van der Waals surface area contributed by atoms with E-state index in [4.69, 9.17) is 14.4 Å². The number of furan rings is 1. The molecule has 0 atom stereocenters. The second-order valence-electron chi connectivity index (χ2n) is 4.51. The number of carbonyl (C=O) groups is 1. The predicted molar refractivity (Wildman–Crippen MR) is 85.2 cm³/mol. The Hall–Kier alpha value is -3.60. The zero-order valence-corrected chi connectivity index (χ0v) is 12.7. The van der Waals surface area contributed by atoms with E-state index >= 15 is 0 Å². The first kappa shape index (κ1) is 16.8. The number of hydrogen-bond acceptors (Lipinski definition) is 6. The maximum atomic E-state index is 12.1. The molecule has 8 heteroatoms. The molecule has 0 unspecified atom stereocenters. The van der Waals surface area contributed by atoms with Gasteiger partial charge in [0.15, 0.2) is 0 Å². The molecule has 1 heterocycles. The first-order valence-electron chi connectivity index (χ1n) is 6.93.